The molecule has 5 heteroatoms. The van der Waals surface area contributed by atoms with Crippen LogP contribution >= 0.6 is 0 Å². The lowest BCUT2D eigenvalue weighted by Gasteiger charge is -2.17. The van der Waals surface area contributed by atoms with Gasteiger partial charge in [0.25, 0.3) is 0 Å². The quantitative estimate of drug-likeness (QED) is 0.459. The lowest BCUT2D eigenvalue weighted by atomic mass is 10.1. The molecule has 1 amide bonds. The molecule has 5 rings (SSSR count). The maximum atomic E-state index is 13.2. The Morgan fingerprint density at radius 2 is 1.77 bits per heavy atom. The Labute approximate surface area is 181 Å². The minimum absolute atomic E-state index is 0.0326. The summed E-state index contributed by atoms with van der Waals surface area (Å²) in [7, 11) is 0. The van der Waals surface area contributed by atoms with E-state index in [1.165, 1.54) is 23.3 Å². The number of carbonyl (C=O) groups excluding carboxylic acids is 1. The zero-order valence-electron chi connectivity index (χ0n) is 17.5. The molecule has 0 bridgehead atoms. The van der Waals surface area contributed by atoms with Crippen LogP contribution in [-0.2, 0) is 17.9 Å². The Hall–Kier alpha value is -3.47. The molecule has 4 nitrogen and oxygen atoms in total. The standard InChI is InChI=1S/C26H24FN3O/c1-18-5-4-6-20(13-18)16-30-24-8-3-2-7-23(24)28-26(30)21-14-25(31)29(17-21)15-19-9-11-22(27)12-10-19/h2-13,21H,14-17H2,1H3/t21-/m0/s1. The van der Waals surface area contributed by atoms with Gasteiger partial charge in [0.2, 0.25) is 5.91 Å². The van der Waals surface area contributed by atoms with Crippen molar-refractivity contribution in [3.63, 3.8) is 0 Å². The number of hydrogen-bond donors (Lipinski definition) is 0. The fourth-order valence-corrected chi connectivity index (χ4v) is 4.47. The van der Waals surface area contributed by atoms with Crippen LogP contribution in [0.1, 0.15) is 34.9 Å². The van der Waals surface area contributed by atoms with Gasteiger partial charge >= 0.3 is 0 Å². The topological polar surface area (TPSA) is 38.1 Å². The van der Waals surface area contributed by atoms with Crippen LogP contribution in [0, 0.1) is 12.7 Å². The largest absolute Gasteiger partial charge is 0.338 e. The molecule has 0 saturated carbocycles. The van der Waals surface area contributed by atoms with Gasteiger partial charge in [-0.3, -0.25) is 4.79 Å². The van der Waals surface area contributed by atoms with E-state index in [2.05, 4.69) is 41.8 Å². The van der Waals surface area contributed by atoms with Crippen LogP contribution in [-0.4, -0.2) is 26.9 Å². The SMILES string of the molecule is Cc1cccc(Cn2c([C@H]3CC(=O)N(Cc4ccc(F)cc4)C3)nc3ccccc32)c1. The van der Waals surface area contributed by atoms with E-state index in [0.717, 1.165) is 29.0 Å². The van der Waals surface area contributed by atoms with E-state index in [0.29, 0.717) is 19.5 Å². The number of aryl methyl sites for hydroxylation is 1. The zero-order chi connectivity index (χ0) is 21.4. The number of para-hydroxylation sites is 2. The summed E-state index contributed by atoms with van der Waals surface area (Å²) in [5.41, 5.74) is 5.42. The molecular formula is C26H24FN3O. The molecule has 3 aromatic carbocycles. The van der Waals surface area contributed by atoms with E-state index in [4.69, 9.17) is 4.98 Å². The van der Waals surface area contributed by atoms with Crippen LogP contribution in [0.15, 0.2) is 72.8 Å². The molecule has 1 atom stereocenters. The number of rotatable bonds is 5. The Morgan fingerprint density at radius 1 is 0.968 bits per heavy atom. The van der Waals surface area contributed by atoms with Crippen molar-refractivity contribution in [3.8, 4) is 0 Å². The third-order valence-electron chi connectivity index (χ3n) is 5.97. The monoisotopic (exact) mass is 413 g/mol. The minimum atomic E-state index is -0.265. The third kappa shape index (κ3) is 3.96. The summed E-state index contributed by atoms with van der Waals surface area (Å²) >= 11 is 0. The molecule has 1 aromatic heterocycles. The summed E-state index contributed by atoms with van der Waals surface area (Å²) in [6.45, 7) is 3.93. The van der Waals surface area contributed by atoms with Crippen LogP contribution < -0.4 is 0 Å². The van der Waals surface area contributed by atoms with Gasteiger partial charge in [-0.05, 0) is 42.3 Å². The van der Waals surface area contributed by atoms with Gasteiger partial charge in [-0.1, -0.05) is 54.1 Å². The number of aromatic nitrogens is 2. The van der Waals surface area contributed by atoms with E-state index in [1.54, 1.807) is 12.1 Å². The van der Waals surface area contributed by atoms with Crippen molar-refractivity contribution >= 4 is 16.9 Å². The first-order valence-corrected chi connectivity index (χ1v) is 10.6. The van der Waals surface area contributed by atoms with E-state index >= 15 is 0 Å². The number of carbonyl (C=O) groups is 1. The van der Waals surface area contributed by atoms with Crippen LogP contribution in [0.4, 0.5) is 4.39 Å². The number of halogens is 1. The first-order valence-electron chi connectivity index (χ1n) is 10.6. The van der Waals surface area contributed by atoms with Gasteiger partial charge in [0.05, 0.1) is 11.0 Å². The highest BCUT2D eigenvalue weighted by atomic mass is 19.1. The molecule has 0 spiro atoms. The van der Waals surface area contributed by atoms with E-state index in [-0.39, 0.29) is 17.6 Å². The van der Waals surface area contributed by atoms with Gasteiger partial charge in [0, 0.05) is 32.0 Å². The zero-order valence-corrected chi connectivity index (χ0v) is 17.5. The number of hydrogen-bond acceptors (Lipinski definition) is 2. The number of fused-ring (bicyclic) bond motifs is 1. The molecule has 1 aliphatic heterocycles. The highest BCUT2D eigenvalue weighted by Gasteiger charge is 2.34. The van der Waals surface area contributed by atoms with Crippen molar-refractivity contribution in [2.75, 3.05) is 6.54 Å². The number of likely N-dealkylation sites (tertiary alicyclic amines) is 1. The molecule has 31 heavy (non-hydrogen) atoms. The van der Waals surface area contributed by atoms with Gasteiger partial charge in [0.15, 0.2) is 0 Å². The van der Waals surface area contributed by atoms with E-state index < -0.39 is 0 Å². The normalized spacial score (nSPS) is 16.4. The smallest absolute Gasteiger partial charge is 0.223 e. The maximum Gasteiger partial charge on any atom is 0.223 e. The van der Waals surface area contributed by atoms with Crippen molar-refractivity contribution in [1.82, 2.24) is 14.5 Å². The summed E-state index contributed by atoms with van der Waals surface area (Å²) in [6, 6.07) is 23.0. The fourth-order valence-electron chi connectivity index (χ4n) is 4.47. The Balaban J connectivity index is 1.45. The van der Waals surface area contributed by atoms with Crippen LogP contribution in [0.25, 0.3) is 11.0 Å². The molecule has 0 radical (unpaired) electrons. The summed E-state index contributed by atoms with van der Waals surface area (Å²) in [5, 5.41) is 0. The molecule has 1 fully saturated rings. The second-order valence-corrected chi connectivity index (χ2v) is 8.34. The summed E-state index contributed by atoms with van der Waals surface area (Å²) in [4.78, 5) is 19.6. The van der Waals surface area contributed by atoms with Crippen LogP contribution in [0.5, 0.6) is 0 Å². The number of amides is 1. The lowest BCUT2D eigenvalue weighted by molar-refractivity contribution is -0.128. The molecule has 4 aromatic rings. The Kier molecular flexibility index (Phi) is 5.02. The van der Waals surface area contributed by atoms with Crippen molar-refractivity contribution in [2.45, 2.75) is 32.4 Å². The molecule has 0 unspecified atom stereocenters. The minimum Gasteiger partial charge on any atom is -0.338 e. The average Bonchev–Trinajstić information content (AvgIpc) is 3.30. The fraction of sp³-hybridized carbons (Fsp3) is 0.231. The van der Waals surface area contributed by atoms with Gasteiger partial charge < -0.3 is 9.47 Å². The number of imidazole rings is 1. The lowest BCUT2D eigenvalue weighted by Crippen LogP contribution is -2.24. The van der Waals surface area contributed by atoms with Crippen molar-refractivity contribution in [1.29, 1.82) is 0 Å². The molecule has 0 N–H and O–H groups in total. The second-order valence-electron chi connectivity index (χ2n) is 8.34. The van der Waals surface area contributed by atoms with Crippen molar-refractivity contribution < 1.29 is 9.18 Å². The molecule has 1 aliphatic rings. The number of nitrogens with zero attached hydrogens (tertiary/aromatic N) is 3. The van der Waals surface area contributed by atoms with Crippen molar-refractivity contribution in [3.05, 3.63) is 101 Å². The third-order valence-corrected chi connectivity index (χ3v) is 5.97. The first-order chi connectivity index (χ1) is 15.1. The first kappa shape index (κ1) is 19.5. The van der Waals surface area contributed by atoms with Gasteiger partial charge in [0.1, 0.15) is 11.6 Å². The van der Waals surface area contributed by atoms with Crippen molar-refractivity contribution in [2.24, 2.45) is 0 Å². The van der Waals surface area contributed by atoms with Gasteiger partial charge in [-0.25, -0.2) is 9.37 Å². The average molecular weight is 413 g/mol. The molecular weight excluding hydrogens is 389 g/mol. The highest BCUT2D eigenvalue weighted by molar-refractivity contribution is 5.81. The Morgan fingerprint density at radius 3 is 2.58 bits per heavy atom. The molecule has 156 valence electrons. The number of benzene rings is 3. The molecule has 2 heterocycles. The van der Waals surface area contributed by atoms with E-state index in [9.17, 15) is 9.18 Å². The van der Waals surface area contributed by atoms with Gasteiger partial charge in [-0.2, -0.15) is 0 Å². The highest BCUT2D eigenvalue weighted by Crippen LogP contribution is 2.32. The van der Waals surface area contributed by atoms with Crippen LogP contribution in [0.3, 0.4) is 0 Å². The molecule has 1 saturated heterocycles. The summed E-state index contributed by atoms with van der Waals surface area (Å²) in [6.07, 6.45) is 0.443. The van der Waals surface area contributed by atoms with Gasteiger partial charge in [-0.15, -0.1) is 0 Å². The summed E-state index contributed by atoms with van der Waals surface area (Å²) in [5.74, 6) is 0.838. The second kappa shape index (κ2) is 7.99. The Bertz CT molecular complexity index is 1250. The predicted octanol–water partition coefficient (Wildman–Crippen LogP) is 5.05. The summed E-state index contributed by atoms with van der Waals surface area (Å²) < 4.78 is 15.5. The predicted molar refractivity (Wildman–Crippen MR) is 119 cm³/mol. The van der Waals surface area contributed by atoms with Crippen LogP contribution in [0.2, 0.25) is 0 Å². The van der Waals surface area contributed by atoms with E-state index in [1.807, 2.05) is 23.1 Å². The molecule has 0 aliphatic carbocycles. The maximum absolute atomic E-state index is 13.2.